The largest absolute Gasteiger partial charge is 0.508 e. The highest BCUT2D eigenvalue weighted by Gasteiger charge is 2.17. The molecule has 19 heavy (non-hydrogen) atoms. The fourth-order valence-corrected chi connectivity index (χ4v) is 1.80. The Morgan fingerprint density at radius 2 is 1.68 bits per heavy atom. The van der Waals surface area contributed by atoms with Gasteiger partial charge in [-0.2, -0.15) is 0 Å². The summed E-state index contributed by atoms with van der Waals surface area (Å²) in [5.41, 5.74) is 1.63. The molecule has 0 amide bonds. The van der Waals surface area contributed by atoms with E-state index in [0.29, 0.717) is 6.42 Å². The van der Waals surface area contributed by atoms with Gasteiger partial charge < -0.3 is 15.5 Å². The third-order valence-electron chi connectivity index (χ3n) is 2.79. The first kappa shape index (κ1) is 13.0. The molecule has 4 heteroatoms. The van der Waals surface area contributed by atoms with Gasteiger partial charge in [-0.3, -0.25) is 0 Å². The molecule has 4 nitrogen and oxygen atoms in total. The first-order chi connectivity index (χ1) is 9.15. The van der Waals surface area contributed by atoms with E-state index >= 15 is 0 Å². The highest BCUT2D eigenvalue weighted by Crippen LogP contribution is 2.14. The van der Waals surface area contributed by atoms with Crippen molar-refractivity contribution in [3.63, 3.8) is 0 Å². The summed E-state index contributed by atoms with van der Waals surface area (Å²) in [6.45, 7) is 0. The van der Waals surface area contributed by atoms with Crippen molar-refractivity contribution in [3.05, 3.63) is 60.2 Å². The number of hydrogen-bond acceptors (Lipinski definition) is 3. The second kappa shape index (κ2) is 5.91. The summed E-state index contributed by atoms with van der Waals surface area (Å²) in [7, 11) is 0. The summed E-state index contributed by atoms with van der Waals surface area (Å²) in [6, 6.07) is 15.1. The number of aliphatic carboxylic acids is 1. The number of aromatic hydroxyl groups is 1. The Kier molecular flexibility index (Phi) is 4.03. The topological polar surface area (TPSA) is 69.6 Å². The average Bonchev–Trinajstić information content (AvgIpc) is 2.41. The normalized spacial score (nSPS) is 11.8. The number of hydrogen-bond donors (Lipinski definition) is 3. The number of carboxylic acids is 1. The highest BCUT2D eigenvalue weighted by atomic mass is 16.4. The number of rotatable bonds is 5. The quantitative estimate of drug-likeness (QED) is 0.769. The Morgan fingerprint density at radius 3 is 2.26 bits per heavy atom. The van der Waals surface area contributed by atoms with Crippen molar-refractivity contribution in [2.45, 2.75) is 12.5 Å². The predicted octanol–water partition coefficient (Wildman–Crippen LogP) is 2.50. The van der Waals surface area contributed by atoms with Crippen LogP contribution in [0.2, 0.25) is 0 Å². The third-order valence-corrected chi connectivity index (χ3v) is 2.79. The zero-order chi connectivity index (χ0) is 13.7. The van der Waals surface area contributed by atoms with E-state index in [1.54, 1.807) is 24.3 Å². The molecular formula is C15H15NO3. The summed E-state index contributed by atoms with van der Waals surface area (Å²) >= 11 is 0. The molecule has 2 rings (SSSR count). The van der Waals surface area contributed by atoms with Gasteiger partial charge in [0.05, 0.1) is 0 Å². The molecule has 0 spiro atoms. The molecular weight excluding hydrogens is 242 g/mol. The van der Waals surface area contributed by atoms with Crippen molar-refractivity contribution in [3.8, 4) is 5.75 Å². The van der Waals surface area contributed by atoms with Gasteiger partial charge in [0, 0.05) is 12.1 Å². The van der Waals surface area contributed by atoms with Crippen LogP contribution in [0.15, 0.2) is 54.6 Å². The van der Waals surface area contributed by atoms with Crippen molar-refractivity contribution in [2.75, 3.05) is 5.32 Å². The molecule has 2 aromatic rings. The number of benzene rings is 2. The van der Waals surface area contributed by atoms with Gasteiger partial charge in [-0.1, -0.05) is 30.3 Å². The van der Waals surface area contributed by atoms with Crippen molar-refractivity contribution in [1.82, 2.24) is 0 Å². The van der Waals surface area contributed by atoms with Gasteiger partial charge in [0.2, 0.25) is 0 Å². The standard InChI is InChI=1S/C15H15NO3/c17-13-8-6-11(7-9-13)10-14(15(18)19)16-12-4-2-1-3-5-12/h1-9,14,16-17H,10H2,(H,18,19)/t14-/m0/s1. The zero-order valence-electron chi connectivity index (χ0n) is 10.3. The minimum Gasteiger partial charge on any atom is -0.508 e. The van der Waals surface area contributed by atoms with Crippen molar-refractivity contribution < 1.29 is 15.0 Å². The SMILES string of the molecule is O=C(O)[C@H](Cc1ccc(O)cc1)Nc1ccccc1. The number of carboxylic acid groups (broad SMARTS) is 1. The van der Waals surface area contributed by atoms with Crippen LogP contribution >= 0.6 is 0 Å². The van der Waals surface area contributed by atoms with Gasteiger partial charge in [0.15, 0.2) is 0 Å². The molecule has 1 atom stereocenters. The molecule has 0 radical (unpaired) electrons. The summed E-state index contributed by atoms with van der Waals surface area (Å²) in [4.78, 5) is 11.3. The minimum absolute atomic E-state index is 0.173. The van der Waals surface area contributed by atoms with E-state index in [4.69, 9.17) is 0 Å². The van der Waals surface area contributed by atoms with Crippen LogP contribution in [0.25, 0.3) is 0 Å². The van der Waals surface area contributed by atoms with Crippen LogP contribution < -0.4 is 5.32 Å². The Hall–Kier alpha value is -2.49. The lowest BCUT2D eigenvalue weighted by atomic mass is 10.1. The van der Waals surface area contributed by atoms with Crippen LogP contribution in [0.3, 0.4) is 0 Å². The molecule has 0 saturated carbocycles. The molecule has 2 aromatic carbocycles. The molecule has 0 aromatic heterocycles. The maximum Gasteiger partial charge on any atom is 0.326 e. The second-order valence-electron chi connectivity index (χ2n) is 4.27. The van der Waals surface area contributed by atoms with Crippen molar-refractivity contribution >= 4 is 11.7 Å². The van der Waals surface area contributed by atoms with E-state index < -0.39 is 12.0 Å². The summed E-state index contributed by atoms with van der Waals surface area (Å²) in [6.07, 6.45) is 0.352. The smallest absolute Gasteiger partial charge is 0.326 e. The number of phenolic OH excluding ortho intramolecular Hbond substituents is 1. The van der Waals surface area contributed by atoms with Crippen LogP contribution in [-0.2, 0) is 11.2 Å². The molecule has 0 saturated heterocycles. The molecule has 0 bridgehead atoms. The van der Waals surface area contributed by atoms with Gasteiger partial charge in [0.25, 0.3) is 0 Å². The van der Waals surface area contributed by atoms with Crippen molar-refractivity contribution in [2.24, 2.45) is 0 Å². The lowest BCUT2D eigenvalue weighted by Crippen LogP contribution is -2.31. The van der Waals surface area contributed by atoms with Crippen molar-refractivity contribution in [1.29, 1.82) is 0 Å². The number of carbonyl (C=O) groups is 1. The monoisotopic (exact) mass is 257 g/mol. The fraction of sp³-hybridized carbons (Fsp3) is 0.133. The Balaban J connectivity index is 2.08. The maximum atomic E-state index is 11.3. The number of anilines is 1. The number of para-hydroxylation sites is 1. The lowest BCUT2D eigenvalue weighted by molar-refractivity contribution is -0.137. The second-order valence-corrected chi connectivity index (χ2v) is 4.27. The van der Waals surface area contributed by atoms with Crippen LogP contribution in [0.1, 0.15) is 5.56 Å². The molecule has 3 N–H and O–H groups in total. The molecule has 0 heterocycles. The lowest BCUT2D eigenvalue weighted by Gasteiger charge is -2.15. The van der Waals surface area contributed by atoms with Gasteiger partial charge in [-0.15, -0.1) is 0 Å². The highest BCUT2D eigenvalue weighted by molar-refractivity contribution is 5.77. The number of phenols is 1. The molecule has 0 aliphatic rings. The van der Waals surface area contributed by atoms with Gasteiger partial charge >= 0.3 is 5.97 Å². The van der Waals surface area contributed by atoms with E-state index in [1.807, 2.05) is 30.3 Å². The molecule has 0 unspecified atom stereocenters. The third kappa shape index (κ3) is 3.74. The minimum atomic E-state index is -0.906. The molecule has 98 valence electrons. The molecule has 0 fully saturated rings. The van der Waals surface area contributed by atoms with E-state index in [2.05, 4.69) is 5.32 Å². The van der Waals surface area contributed by atoms with E-state index in [9.17, 15) is 15.0 Å². The Bertz CT molecular complexity index is 537. The Labute approximate surface area is 111 Å². The maximum absolute atomic E-state index is 11.3. The molecule has 0 aliphatic carbocycles. The fourth-order valence-electron chi connectivity index (χ4n) is 1.80. The summed E-state index contributed by atoms with van der Waals surface area (Å²) in [5.74, 6) is -0.733. The Morgan fingerprint density at radius 1 is 1.05 bits per heavy atom. The summed E-state index contributed by atoms with van der Waals surface area (Å²) < 4.78 is 0. The predicted molar refractivity (Wildman–Crippen MR) is 73.3 cm³/mol. The van der Waals surface area contributed by atoms with Gasteiger partial charge in [-0.05, 0) is 29.8 Å². The van der Waals surface area contributed by atoms with E-state index in [-0.39, 0.29) is 5.75 Å². The first-order valence-corrected chi connectivity index (χ1v) is 5.97. The average molecular weight is 257 g/mol. The zero-order valence-corrected chi connectivity index (χ0v) is 10.3. The van der Waals surface area contributed by atoms with E-state index in [0.717, 1.165) is 11.3 Å². The van der Waals surface area contributed by atoms with Crippen LogP contribution in [0.5, 0.6) is 5.75 Å². The van der Waals surface area contributed by atoms with Crippen LogP contribution in [0, 0.1) is 0 Å². The van der Waals surface area contributed by atoms with Gasteiger partial charge in [0.1, 0.15) is 11.8 Å². The number of nitrogens with one attached hydrogen (secondary N) is 1. The van der Waals surface area contributed by atoms with Crippen LogP contribution in [0.4, 0.5) is 5.69 Å². The van der Waals surface area contributed by atoms with Gasteiger partial charge in [-0.25, -0.2) is 4.79 Å². The summed E-state index contributed by atoms with van der Waals surface area (Å²) in [5, 5.41) is 21.4. The molecule has 0 aliphatic heterocycles. The van der Waals surface area contributed by atoms with E-state index in [1.165, 1.54) is 0 Å². The van der Waals surface area contributed by atoms with Crippen LogP contribution in [-0.4, -0.2) is 22.2 Å². The first-order valence-electron chi connectivity index (χ1n) is 5.97.